The second-order valence-corrected chi connectivity index (χ2v) is 16.4. The molecule has 0 bridgehead atoms. The van der Waals surface area contributed by atoms with Crippen LogP contribution >= 0.6 is 23.5 Å². The van der Waals surface area contributed by atoms with Gasteiger partial charge in [-0.3, -0.25) is 23.4 Å². The van der Waals surface area contributed by atoms with Gasteiger partial charge in [0.25, 0.3) is 5.56 Å². The smallest absolute Gasteiger partial charge is 0.394 e. The Morgan fingerprint density at radius 1 is 1.16 bits per heavy atom. The molecule has 1 aliphatic heterocycles. The number of nitrogens with one attached hydrogen (secondary N) is 2. The first kappa shape index (κ1) is 45.7. The van der Waals surface area contributed by atoms with E-state index in [4.69, 9.17) is 21.6 Å². The summed E-state index contributed by atoms with van der Waals surface area (Å²) in [5.74, 6) is 2.21. The zero-order valence-corrected chi connectivity index (χ0v) is 32.5. The molecule has 10 atom stereocenters. The minimum atomic E-state index is -6.00. The van der Waals surface area contributed by atoms with Crippen molar-refractivity contribution in [3.05, 3.63) is 53.5 Å². The van der Waals surface area contributed by atoms with E-state index in [2.05, 4.69) is 60.4 Å². The van der Waals surface area contributed by atoms with Gasteiger partial charge in [0.2, 0.25) is 5.95 Å². The van der Waals surface area contributed by atoms with Crippen molar-refractivity contribution in [2.45, 2.75) is 56.8 Å². The van der Waals surface area contributed by atoms with Gasteiger partial charge in [0.15, 0.2) is 23.9 Å². The molecule has 1 fully saturated rings. The molecule has 0 amide bonds. The number of fused-ring (bicyclic) bond motifs is 1. The van der Waals surface area contributed by atoms with Crippen molar-refractivity contribution < 1.29 is 75.9 Å². The van der Waals surface area contributed by atoms with Gasteiger partial charge < -0.3 is 60.5 Å². The molecular weight excluding hydrogens is 827 g/mol. The molecule has 3 aromatic heterocycles. The lowest BCUT2D eigenvalue weighted by atomic mass is 10.1. The highest BCUT2D eigenvalue weighted by Crippen LogP contribution is 2.67. The molecule has 29 heteroatoms. The van der Waals surface area contributed by atoms with Crippen molar-refractivity contribution >= 4 is 52.2 Å². The van der Waals surface area contributed by atoms with E-state index < -0.39 is 91.8 Å². The molecule has 26 nitrogen and oxygen atoms in total. The van der Waals surface area contributed by atoms with E-state index in [1.165, 1.54) is 30.8 Å². The highest BCUT2D eigenvalue weighted by molar-refractivity contribution is 7.66. The number of ether oxygens (including phenoxy) is 2. The van der Waals surface area contributed by atoms with E-state index in [-0.39, 0.29) is 40.9 Å². The van der Waals surface area contributed by atoms with Gasteiger partial charge in [-0.25, -0.2) is 28.6 Å². The summed E-state index contributed by atoms with van der Waals surface area (Å²) in [7, 11) is -17.4. The summed E-state index contributed by atoms with van der Waals surface area (Å²) in [4.78, 5) is 62.6. The molecule has 0 saturated carbocycles. The molecule has 0 radical (unpaired) electrons. The number of aliphatic hydroxyl groups excluding tert-OH is 4. The standard InChI is InChI=1S/C28H40N9O17P3/c1-5-7-8-9-30-28-34-23(15(3)25(42)35-28)36(6-2)27-21(41)20(40)18(52-27)12-50-56(45,46)54-57(47,48)53-55(43,44)49-11-17(10-38)51-26(16(4)39)37-14-33-19-22(29)31-13-32-24(19)37/h1,6-8,13-14,16-18,20-21,26-27,38-41H,2,9-12H2,3-4H3,(H,43,44)(H,45,46)(H,47,48)(H2,29,31,32)(H2,30,34,35,42)/t16-,17-,18+,20?,21-,26+,27+/m0/s1. The number of aromatic amines is 1. The predicted octanol–water partition coefficient (Wildman–Crippen LogP) is -0.877. The van der Waals surface area contributed by atoms with E-state index in [1.54, 1.807) is 6.08 Å². The van der Waals surface area contributed by atoms with Gasteiger partial charge in [-0.2, -0.15) is 13.6 Å². The van der Waals surface area contributed by atoms with E-state index >= 15 is 0 Å². The van der Waals surface area contributed by atoms with Crippen LogP contribution in [-0.4, -0.2) is 128 Å². The predicted molar refractivity (Wildman–Crippen MR) is 195 cm³/mol. The summed E-state index contributed by atoms with van der Waals surface area (Å²) in [5.41, 5.74) is 5.48. The first-order chi connectivity index (χ1) is 26.7. The molecule has 4 unspecified atom stereocenters. The number of phosphoric acid groups is 3. The van der Waals surface area contributed by atoms with Crippen molar-refractivity contribution in [2.75, 3.05) is 42.3 Å². The highest BCUT2D eigenvalue weighted by atomic mass is 31.3. The second-order valence-electron chi connectivity index (χ2n) is 11.8. The molecule has 0 aliphatic carbocycles. The average Bonchev–Trinajstić information content (AvgIpc) is 3.68. The van der Waals surface area contributed by atoms with Crippen LogP contribution < -0.4 is 21.5 Å². The molecule has 57 heavy (non-hydrogen) atoms. The van der Waals surface area contributed by atoms with Crippen LogP contribution in [0.25, 0.3) is 11.2 Å². The number of nitrogens with two attached hydrogens (primary N) is 1. The van der Waals surface area contributed by atoms with Crippen molar-refractivity contribution in [3.63, 3.8) is 0 Å². The fraction of sp³-hybridized carbons (Fsp3) is 0.464. The number of hydrogen-bond acceptors (Lipinski definition) is 21. The topological polar surface area (TPSA) is 379 Å². The third kappa shape index (κ3) is 11.8. The summed E-state index contributed by atoms with van der Waals surface area (Å²) in [6.07, 6.45) is 0.583. The second kappa shape index (κ2) is 19.2. The highest BCUT2D eigenvalue weighted by Gasteiger charge is 2.48. The Morgan fingerprint density at radius 3 is 2.47 bits per heavy atom. The molecule has 314 valence electrons. The van der Waals surface area contributed by atoms with Crippen LogP contribution in [-0.2, 0) is 40.8 Å². The van der Waals surface area contributed by atoms with E-state index in [0.29, 0.717) is 0 Å². The maximum absolute atomic E-state index is 12.6. The Bertz CT molecular complexity index is 2160. The monoisotopic (exact) mass is 867 g/mol. The number of H-pyrrole nitrogens is 1. The molecule has 11 N–H and O–H groups in total. The number of anilines is 3. The molecule has 4 rings (SSSR count). The lowest BCUT2D eigenvalue weighted by Gasteiger charge is -2.29. The number of aromatic nitrogens is 6. The van der Waals surface area contributed by atoms with Crippen LogP contribution in [0.15, 0.2) is 42.4 Å². The van der Waals surface area contributed by atoms with Gasteiger partial charge in [-0.05, 0) is 19.9 Å². The van der Waals surface area contributed by atoms with Gasteiger partial charge in [0.05, 0.1) is 37.8 Å². The number of nitrogens with zero attached hydrogens (tertiary/aromatic N) is 6. The Morgan fingerprint density at radius 2 is 1.84 bits per heavy atom. The molecular formula is C28H40N9O17P3. The fourth-order valence-electron chi connectivity index (χ4n) is 5.01. The van der Waals surface area contributed by atoms with Gasteiger partial charge in [0, 0.05) is 12.7 Å². The lowest BCUT2D eigenvalue weighted by Crippen LogP contribution is -2.42. The summed E-state index contributed by atoms with van der Waals surface area (Å²) in [6.45, 7) is 3.46. The molecule has 0 spiro atoms. The molecule has 0 aromatic carbocycles. The Hall–Kier alpha value is -3.96. The molecule has 1 saturated heterocycles. The van der Waals surface area contributed by atoms with Crippen molar-refractivity contribution in [1.82, 2.24) is 29.5 Å². The van der Waals surface area contributed by atoms with Crippen LogP contribution in [0.1, 0.15) is 18.7 Å². The Kier molecular flexibility index (Phi) is 15.4. The van der Waals surface area contributed by atoms with Crippen molar-refractivity contribution in [2.24, 2.45) is 0 Å². The van der Waals surface area contributed by atoms with Gasteiger partial charge in [-0.15, -0.1) is 6.42 Å². The van der Waals surface area contributed by atoms with Crippen LogP contribution in [0, 0.1) is 19.3 Å². The minimum Gasteiger partial charge on any atom is -0.394 e. The average molecular weight is 868 g/mol. The molecule has 4 heterocycles. The third-order valence-corrected chi connectivity index (χ3v) is 11.9. The zero-order chi connectivity index (χ0) is 42.3. The lowest BCUT2D eigenvalue weighted by molar-refractivity contribution is -0.133. The Labute approximate surface area is 322 Å². The number of nitrogen functional groups attached to an aromatic ring is 1. The van der Waals surface area contributed by atoms with Crippen molar-refractivity contribution in [1.29, 1.82) is 0 Å². The van der Waals surface area contributed by atoms with Crippen LogP contribution in [0.3, 0.4) is 0 Å². The maximum atomic E-state index is 12.6. The largest absolute Gasteiger partial charge is 0.490 e. The number of hydrogen-bond donors (Lipinski definition) is 10. The number of imidazole rings is 1. The third-order valence-electron chi connectivity index (χ3n) is 7.63. The fourth-order valence-corrected chi connectivity index (χ4v) is 8.55. The van der Waals surface area contributed by atoms with E-state index in [1.807, 2.05) is 0 Å². The van der Waals surface area contributed by atoms with E-state index in [9.17, 15) is 53.6 Å². The van der Waals surface area contributed by atoms with Crippen LogP contribution in [0.4, 0.5) is 17.6 Å². The SMILES string of the molecule is C#CC=CCNc1nc(N(C=C)[C@@H]2O[C@H](COP(=O)(O)OP(=O)(O)OP(=O)(O)OC[C@H](CO)O[C@H]([C@H](C)O)n3cnc4c(N)ncnc43)C(O)[C@@H]2O)c(C)c(=O)[nH]1. The molecule has 1 aliphatic rings. The summed E-state index contributed by atoms with van der Waals surface area (Å²) < 4.78 is 67.6. The van der Waals surface area contributed by atoms with Crippen LogP contribution in [0.5, 0.6) is 0 Å². The van der Waals surface area contributed by atoms with Crippen LogP contribution in [0.2, 0.25) is 0 Å². The van der Waals surface area contributed by atoms with Gasteiger partial charge >= 0.3 is 23.5 Å². The summed E-state index contributed by atoms with van der Waals surface area (Å²) in [5, 5.41) is 44.4. The first-order valence-electron chi connectivity index (χ1n) is 16.2. The van der Waals surface area contributed by atoms with E-state index in [0.717, 1.165) is 17.4 Å². The summed E-state index contributed by atoms with van der Waals surface area (Å²) in [6, 6.07) is 0. The minimum absolute atomic E-state index is 0.00869. The maximum Gasteiger partial charge on any atom is 0.490 e. The van der Waals surface area contributed by atoms with Gasteiger partial charge in [0.1, 0.15) is 42.1 Å². The zero-order valence-electron chi connectivity index (χ0n) is 29.9. The normalized spacial score (nSPS) is 23.2. The number of allylic oxidation sites excluding steroid dienone is 1. The molecule has 3 aromatic rings. The first-order valence-corrected chi connectivity index (χ1v) is 20.7. The number of phosphoric ester groups is 2. The quantitative estimate of drug-likeness (QED) is 0.0459. The number of aliphatic hydroxyl groups is 4. The number of terminal acetylenes is 1. The summed E-state index contributed by atoms with van der Waals surface area (Å²) >= 11 is 0. The Balaban J connectivity index is 1.35. The van der Waals surface area contributed by atoms with Crippen molar-refractivity contribution in [3.8, 4) is 12.3 Å². The number of rotatable bonds is 21. The van der Waals surface area contributed by atoms with Gasteiger partial charge in [-0.1, -0.05) is 18.6 Å².